The minimum Gasteiger partial charge on any atom is -0.437 e. The van der Waals surface area contributed by atoms with Gasteiger partial charge in [0.1, 0.15) is 11.4 Å². The number of ether oxygens (including phenoxy) is 1. The first-order valence-corrected chi connectivity index (χ1v) is 7.99. The normalized spacial score (nSPS) is 13.9. The third-order valence-corrected chi connectivity index (χ3v) is 4.07. The van der Waals surface area contributed by atoms with Gasteiger partial charge in [-0.3, -0.25) is 4.79 Å². The molecule has 0 spiro atoms. The highest BCUT2D eigenvalue weighted by Crippen LogP contribution is 2.25. The molecule has 1 atom stereocenters. The lowest BCUT2D eigenvalue weighted by Crippen LogP contribution is -2.36. The molecule has 8 nitrogen and oxygen atoms in total. The molecule has 1 aliphatic heterocycles. The van der Waals surface area contributed by atoms with Crippen LogP contribution in [0.2, 0.25) is 0 Å². The molecule has 1 aromatic carbocycles. The molecular formula is C17H18BN3O5. The lowest BCUT2D eigenvalue weighted by atomic mass is 9.76. The predicted octanol–water partition coefficient (Wildman–Crippen LogP) is 0.0717. The molecule has 0 bridgehead atoms. The maximum atomic E-state index is 12.0. The Kier molecular flexibility index (Phi) is 5.31. The van der Waals surface area contributed by atoms with Gasteiger partial charge in [-0.2, -0.15) is 0 Å². The molecule has 0 saturated carbocycles. The van der Waals surface area contributed by atoms with Crippen LogP contribution in [0.15, 0.2) is 37.2 Å². The standard InChI is InChI=1S/C17H18BN3O5/c1-3-12(8-22)21-17(23)13-6-20-15(7-19-13)26-14-5-4-11-9-25-18(24)16(11)10(14)2/h3-7,12,22,24H,1,8-9H2,2H3,(H,21,23). The number of carbonyl (C=O) groups is 1. The summed E-state index contributed by atoms with van der Waals surface area (Å²) in [7, 11) is -0.963. The van der Waals surface area contributed by atoms with E-state index in [2.05, 4.69) is 21.9 Å². The van der Waals surface area contributed by atoms with Gasteiger partial charge in [-0.1, -0.05) is 12.1 Å². The minimum absolute atomic E-state index is 0.0900. The van der Waals surface area contributed by atoms with Crippen molar-refractivity contribution in [1.29, 1.82) is 0 Å². The number of nitrogens with one attached hydrogen (secondary N) is 1. The van der Waals surface area contributed by atoms with Crippen molar-refractivity contribution in [1.82, 2.24) is 15.3 Å². The van der Waals surface area contributed by atoms with Crippen molar-refractivity contribution in [3.05, 3.63) is 54.0 Å². The van der Waals surface area contributed by atoms with Crippen LogP contribution in [0.1, 0.15) is 21.6 Å². The van der Waals surface area contributed by atoms with E-state index >= 15 is 0 Å². The molecule has 2 aromatic rings. The summed E-state index contributed by atoms with van der Waals surface area (Å²) < 4.78 is 10.9. The Labute approximate surface area is 150 Å². The summed E-state index contributed by atoms with van der Waals surface area (Å²) >= 11 is 0. The first kappa shape index (κ1) is 18.1. The summed E-state index contributed by atoms with van der Waals surface area (Å²) in [6.45, 7) is 5.45. The molecule has 1 unspecified atom stereocenters. The van der Waals surface area contributed by atoms with Crippen LogP contribution in [0.3, 0.4) is 0 Å². The van der Waals surface area contributed by atoms with Crippen molar-refractivity contribution < 1.29 is 24.3 Å². The summed E-state index contributed by atoms with van der Waals surface area (Å²) in [5, 5.41) is 21.5. The molecule has 26 heavy (non-hydrogen) atoms. The number of benzene rings is 1. The highest BCUT2D eigenvalue weighted by Gasteiger charge is 2.30. The third-order valence-electron chi connectivity index (χ3n) is 4.07. The van der Waals surface area contributed by atoms with Gasteiger partial charge in [0.15, 0.2) is 0 Å². The van der Waals surface area contributed by atoms with E-state index in [1.807, 2.05) is 13.0 Å². The lowest BCUT2D eigenvalue weighted by Gasteiger charge is -2.12. The molecule has 0 saturated heterocycles. The van der Waals surface area contributed by atoms with Crippen molar-refractivity contribution in [2.24, 2.45) is 0 Å². The van der Waals surface area contributed by atoms with Gasteiger partial charge < -0.3 is 24.8 Å². The van der Waals surface area contributed by atoms with E-state index in [-0.39, 0.29) is 18.2 Å². The second-order valence-electron chi connectivity index (χ2n) is 5.77. The summed E-state index contributed by atoms with van der Waals surface area (Å²) in [5.41, 5.74) is 2.46. The number of nitrogens with zero attached hydrogens (tertiary/aromatic N) is 2. The number of aromatic nitrogens is 2. The molecule has 0 radical (unpaired) electrons. The van der Waals surface area contributed by atoms with Crippen molar-refractivity contribution in [2.75, 3.05) is 6.61 Å². The summed E-state index contributed by atoms with van der Waals surface area (Å²) in [6.07, 6.45) is 4.04. The molecule has 1 amide bonds. The first-order chi connectivity index (χ1) is 12.5. The van der Waals surface area contributed by atoms with E-state index in [0.717, 1.165) is 11.1 Å². The van der Waals surface area contributed by atoms with Crippen molar-refractivity contribution in [3.63, 3.8) is 0 Å². The quantitative estimate of drug-likeness (QED) is 0.496. The van der Waals surface area contributed by atoms with Crippen LogP contribution in [-0.2, 0) is 11.3 Å². The number of aliphatic hydroxyl groups excluding tert-OH is 1. The zero-order chi connectivity index (χ0) is 18.7. The zero-order valence-electron chi connectivity index (χ0n) is 14.2. The SMILES string of the molecule is C=CC(CO)NC(=O)c1cnc(Oc2ccc3c(c2C)B(O)OC3)cn1. The Bertz CT molecular complexity index is 828. The van der Waals surface area contributed by atoms with Crippen LogP contribution < -0.4 is 15.5 Å². The molecule has 1 aliphatic rings. The van der Waals surface area contributed by atoms with E-state index in [0.29, 0.717) is 17.8 Å². The Hall–Kier alpha value is -2.75. The van der Waals surface area contributed by atoms with Gasteiger partial charge in [0, 0.05) is 0 Å². The maximum Gasteiger partial charge on any atom is 0.492 e. The van der Waals surface area contributed by atoms with Gasteiger partial charge in [-0.25, -0.2) is 9.97 Å². The number of rotatable bonds is 6. The second kappa shape index (κ2) is 7.65. The molecule has 0 fully saturated rings. The predicted molar refractivity (Wildman–Crippen MR) is 94.2 cm³/mol. The third kappa shape index (κ3) is 3.59. The van der Waals surface area contributed by atoms with Gasteiger partial charge in [-0.15, -0.1) is 6.58 Å². The van der Waals surface area contributed by atoms with Gasteiger partial charge >= 0.3 is 7.12 Å². The van der Waals surface area contributed by atoms with Crippen LogP contribution >= 0.6 is 0 Å². The Morgan fingerprint density at radius 1 is 1.50 bits per heavy atom. The van der Waals surface area contributed by atoms with Gasteiger partial charge in [0.2, 0.25) is 5.88 Å². The highest BCUT2D eigenvalue weighted by molar-refractivity contribution is 6.62. The topological polar surface area (TPSA) is 114 Å². The molecule has 1 aromatic heterocycles. The van der Waals surface area contributed by atoms with Crippen LogP contribution in [0, 0.1) is 6.92 Å². The Balaban J connectivity index is 1.73. The van der Waals surface area contributed by atoms with Crippen LogP contribution in [-0.4, -0.2) is 45.8 Å². The maximum absolute atomic E-state index is 12.0. The summed E-state index contributed by atoms with van der Waals surface area (Å²) in [4.78, 5) is 20.1. The van der Waals surface area contributed by atoms with Crippen LogP contribution in [0.4, 0.5) is 0 Å². The molecular weight excluding hydrogens is 337 g/mol. The molecule has 9 heteroatoms. The first-order valence-electron chi connectivity index (χ1n) is 7.99. The van der Waals surface area contributed by atoms with Crippen molar-refractivity contribution in [2.45, 2.75) is 19.6 Å². The molecule has 0 aliphatic carbocycles. The van der Waals surface area contributed by atoms with Gasteiger partial charge in [-0.05, 0) is 29.6 Å². The Morgan fingerprint density at radius 2 is 2.31 bits per heavy atom. The number of hydrogen-bond donors (Lipinski definition) is 3. The van der Waals surface area contributed by atoms with E-state index < -0.39 is 19.1 Å². The number of fused-ring (bicyclic) bond motifs is 1. The molecule has 134 valence electrons. The highest BCUT2D eigenvalue weighted by atomic mass is 16.5. The zero-order valence-corrected chi connectivity index (χ0v) is 14.2. The van der Waals surface area contributed by atoms with E-state index in [1.165, 1.54) is 18.5 Å². The Morgan fingerprint density at radius 3 is 2.96 bits per heavy atom. The average molecular weight is 355 g/mol. The largest absolute Gasteiger partial charge is 0.492 e. The van der Waals surface area contributed by atoms with E-state index in [9.17, 15) is 9.82 Å². The monoisotopic (exact) mass is 355 g/mol. The van der Waals surface area contributed by atoms with Crippen LogP contribution in [0.5, 0.6) is 11.6 Å². The number of carbonyl (C=O) groups excluding carboxylic acids is 1. The number of amides is 1. The fraction of sp³-hybridized carbons (Fsp3) is 0.235. The van der Waals surface area contributed by atoms with Crippen molar-refractivity contribution in [3.8, 4) is 11.6 Å². The number of hydrogen-bond acceptors (Lipinski definition) is 7. The summed E-state index contributed by atoms with van der Waals surface area (Å²) in [6, 6.07) is 3.05. The number of aliphatic hydroxyl groups is 1. The minimum atomic E-state index is -0.963. The van der Waals surface area contributed by atoms with Crippen molar-refractivity contribution >= 4 is 18.5 Å². The fourth-order valence-corrected chi connectivity index (χ4v) is 2.62. The van der Waals surface area contributed by atoms with E-state index in [4.69, 9.17) is 14.5 Å². The van der Waals surface area contributed by atoms with Gasteiger partial charge in [0.05, 0.1) is 31.6 Å². The van der Waals surface area contributed by atoms with Crippen LogP contribution in [0.25, 0.3) is 0 Å². The van der Waals surface area contributed by atoms with Gasteiger partial charge in [0.25, 0.3) is 5.91 Å². The van der Waals surface area contributed by atoms with E-state index in [1.54, 1.807) is 6.07 Å². The smallest absolute Gasteiger partial charge is 0.437 e. The lowest BCUT2D eigenvalue weighted by molar-refractivity contribution is 0.0924. The average Bonchev–Trinajstić information content (AvgIpc) is 3.04. The molecule has 3 rings (SSSR count). The fourth-order valence-electron chi connectivity index (χ4n) is 2.62. The summed E-state index contributed by atoms with van der Waals surface area (Å²) in [5.74, 6) is 0.254. The second-order valence-corrected chi connectivity index (χ2v) is 5.77. The molecule has 3 N–H and O–H groups in total. The molecule has 2 heterocycles.